The summed E-state index contributed by atoms with van der Waals surface area (Å²) < 4.78 is 5.63. The third kappa shape index (κ3) is 5.07. The van der Waals surface area contributed by atoms with E-state index in [1.165, 1.54) is 0 Å². The van der Waals surface area contributed by atoms with Crippen molar-refractivity contribution >= 4 is 22.6 Å². The van der Waals surface area contributed by atoms with Crippen LogP contribution in [-0.2, 0) is 9.53 Å². The van der Waals surface area contributed by atoms with Crippen molar-refractivity contribution < 1.29 is 19.4 Å². The third-order valence-corrected chi connectivity index (χ3v) is 6.88. The molecule has 2 atom stereocenters. The Bertz CT molecular complexity index is 1000. The van der Waals surface area contributed by atoms with E-state index in [2.05, 4.69) is 5.32 Å². The molecular weight excluding hydrogens is 416 g/mol. The minimum Gasteiger partial charge on any atom is -0.444 e. The number of Topliss-reactive ketones (excluding diaryl/α,β-unsaturated/α-hetero) is 1. The topological polar surface area (TPSA) is 78.9 Å². The number of fused-ring (bicyclic) bond motifs is 1. The van der Waals surface area contributed by atoms with Crippen molar-refractivity contribution in [2.24, 2.45) is 0 Å². The molecule has 2 aromatic carbocycles. The lowest BCUT2D eigenvalue weighted by Gasteiger charge is -2.43. The van der Waals surface area contributed by atoms with Crippen molar-refractivity contribution in [2.75, 3.05) is 19.6 Å². The van der Waals surface area contributed by atoms with Gasteiger partial charge in [0.2, 0.25) is 0 Å². The van der Waals surface area contributed by atoms with Gasteiger partial charge in [0.1, 0.15) is 11.6 Å². The van der Waals surface area contributed by atoms with Crippen LogP contribution < -0.4 is 5.32 Å². The van der Waals surface area contributed by atoms with E-state index in [1.54, 1.807) is 4.90 Å². The second-order valence-corrected chi connectivity index (χ2v) is 10.5. The van der Waals surface area contributed by atoms with Crippen LogP contribution in [0.5, 0.6) is 0 Å². The van der Waals surface area contributed by atoms with Crippen LogP contribution in [0.3, 0.4) is 0 Å². The maximum absolute atomic E-state index is 14.3. The largest absolute Gasteiger partial charge is 0.444 e. The van der Waals surface area contributed by atoms with Gasteiger partial charge in [0.25, 0.3) is 0 Å². The minimum atomic E-state index is -1.13. The highest BCUT2D eigenvalue weighted by molar-refractivity contribution is 5.98. The van der Waals surface area contributed by atoms with Crippen molar-refractivity contribution in [3.8, 4) is 0 Å². The molecule has 2 aliphatic rings. The molecule has 1 amide bonds. The van der Waals surface area contributed by atoms with Crippen LogP contribution in [0.2, 0.25) is 0 Å². The van der Waals surface area contributed by atoms with Crippen LogP contribution in [-0.4, -0.2) is 58.8 Å². The van der Waals surface area contributed by atoms with E-state index in [4.69, 9.17) is 4.74 Å². The van der Waals surface area contributed by atoms with Crippen LogP contribution in [0.25, 0.3) is 10.8 Å². The Morgan fingerprint density at radius 2 is 1.79 bits per heavy atom. The zero-order valence-electron chi connectivity index (χ0n) is 20.0. The number of hydrogen-bond donors (Lipinski definition) is 2. The summed E-state index contributed by atoms with van der Waals surface area (Å²) >= 11 is 0. The number of amides is 1. The van der Waals surface area contributed by atoms with Crippen LogP contribution >= 0.6 is 0 Å². The molecule has 0 aromatic heterocycles. The van der Waals surface area contributed by atoms with Crippen molar-refractivity contribution in [3.05, 3.63) is 48.0 Å². The number of carbonyl (C=O) groups excluding carboxylic acids is 2. The van der Waals surface area contributed by atoms with Gasteiger partial charge in [0, 0.05) is 19.6 Å². The predicted molar refractivity (Wildman–Crippen MR) is 129 cm³/mol. The number of nitrogens with zero attached hydrogens (tertiary/aromatic N) is 1. The molecule has 1 saturated carbocycles. The summed E-state index contributed by atoms with van der Waals surface area (Å²) in [6.07, 6.45) is 3.54. The molecule has 33 heavy (non-hydrogen) atoms. The molecule has 0 spiro atoms. The summed E-state index contributed by atoms with van der Waals surface area (Å²) in [4.78, 5) is 28.8. The Labute approximate surface area is 196 Å². The molecule has 2 aromatic rings. The van der Waals surface area contributed by atoms with Gasteiger partial charge in [-0.15, -0.1) is 0 Å². The zero-order valence-corrected chi connectivity index (χ0v) is 20.0. The highest BCUT2D eigenvalue weighted by atomic mass is 16.6. The third-order valence-electron chi connectivity index (χ3n) is 6.88. The van der Waals surface area contributed by atoms with Crippen LogP contribution in [0.15, 0.2) is 42.5 Å². The molecule has 2 unspecified atom stereocenters. The Balaban J connectivity index is 1.76. The van der Waals surface area contributed by atoms with Gasteiger partial charge in [-0.2, -0.15) is 0 Å². The average molecular weight is 453 g/mol. The Morgan fingerprint density at radius 1 is 1.09 bits per heavy atom. The number of aliphatic hydroxyl groups is 1. The summed E-state index contributed by atoms with van der Waals surface area (Å²) in [6, 6.07) is 13.2. The van der Waals surface area contributed by atoms with E-state index >= 15 is 0 Å². The molecule has 1 saturated heterocycles. The second-order valence-electron chi connectivity index (χ2n) is 10.5. The number of nitrogens with one attached hydrogen (secondary N) is 1. The summed E-state index contributed by atoms with van der Waals surface area (Å²) in [5.74, 6) is -0.826. The van der Waals surface area contributed by atoms with E-state index < -0.39 is 29.3 Å². The van der Waals surface area contributed by atoms with Gasteiger partial charge in [-0.05, 0) is 49.9 Å². The first-order chi connectivity index (χ1) is 15.7. The Kier molecular flexibility index (Phi) is 6.78. The fourth-order valence-electron chi connectivity index (χ4n) is 5.35. The highest BCUT2D eigenvalue weighted by Gasteiger charge is 2.48. The first kappa shape index (κ1) is 23.7. The van der Waals surface area contributed by atoms with Crippen molar-refractivity contribution in [1.29, 1.82) is 0 Å². The second kappa shape index (κ2) is 9.43. The van der Waals surface area contributed by atoms with E-state index in [1.807, 2.05) is 63.2 Å². The van der Waals surface area contributed by atoms with Gasteiger partial charge >= 0.3 is 6.09 Å². The molecule has 178 valence electrons. The molecule has 4 rings (SSSR count). The van der Waals surface area contributed by atoms with E-state index in [-0.39, 0.29) is 5.78 Å². The number of benzene rings is 2. The maximum Gasteiger partial charge on any atom is 0.410 e. The quantitative estimate of drug-likeness (QED) is 0.719. The first-order valence-corrected chi connectivity index (χ1v) is 12.1. The van der Waals surface area contributed by atoms with E-state index in [0.29, 0.717) is 32.5 Å². The average Bonchev–Trinajstić information content (AvgIpc) is 2.78. The maximum atomic E-state index is 14.3. The number of hydrogen-bond acceptors (Lipinski definition) is 5. The number of ketones is 1. The first-order valence-electron chi connectivity index (χ1n) is 12.1. The molecule has 1 heterocycles. The van der Waals surface area contributed by atoms with Crippen LogP contribution in [0, 0.1) is 0 Å². The van der Waals surface area contributed by atoms with Gasteiger partial charge in [-0.1, -0.05) is 61.7 Å². The molecule has 1 aliphatic carbocycles. The normalized spacial score (nSPS) is 22.1. The lowest BCUT2D eigenvalue weighted by atomic mass is 9.69. The SMILES string of the molecule is CC(C)(C)OC(=O)N1CCNCC1C(=O)C(c1cccc2ccccc12)C1(O)CCCCC1. The summed E-state index contributed by atoms with van der Waals surface area (Å²) in [6.45, 7) is 6.84. The number of ether oxygens (including phenoxy) is 1. The number of piperazine rings is 1. The predicted octanol–water partition coefficient (Wildman–Crippen LogP) is 4.40. The van der Waals surface area contributed by atoms with E-state index in [0.717, 1.165) is 35.6 Å². The molecule has 0 radical (unpaired) electrons. The molecule has 6 heteroatoms. The monoisotopic (exact) mass is 452 g/mol. The molecule has 2 N–H and O–H groups in total. The lowest BCUT2D eigenvalue weighted by Crippen LogP contribution is -2.60. The van der Waals surface area contributed by atoms with Crippen molar-refractivity contribution in [1.82, 2.24) is 10.2 Å². The van der Waals surface area contributed by atoms with Gasteiger partial charge in [0.05, 0.1) is 11.5 Å². The van der Waals surface area contributed by atoms with Crippen molar-refractivity contribution in [2.45, 2.75) is 76.0 Å². The number of carbonyl (C=O) groups is 2. The Hall–Kier alpha value is -2.44. The highest BCUT2D eigenvalue weighted by Crippen LogP contribution is 2.43. The molecule has 2 fully saturated rings. The lowest BCUT2D eigenvalue weighted by molar-refractivity contribution is -0.134. The van der Waals surface area contributed by atoms with Crippen LogP contribution in [0.1, 0.15) is 64.4 Å². The standard InChI is InChI=1S/C27H36N2O4/c1-26(2,3)33-25(31)29-17-16-28-18-22(29)24(30)23(27(32)14-7-4-8-15-27)21-13-9-11-19-10-5-6-12-20(19)21/h5-6,9-13,22-23,28,32H,4,7-8,14-18H2,1-3H3. The summed E-state index contributed by atoms with van der Waals surface area (Å²) in [5, 5.41) is 17.2. The molecule has 6 nitrogen and oxygen atoms in total. The fraction of sp³-hybridized carbons (Fsp3) is 0.556. The minimum absolute atomic E-state index is 0.117. The zero-order chi connectivity index (χ0) is 23.6. The van der Waals surface area contributed by atoms with Crippen LogP contribution in [0.4, 0.5) is 4.79 Å². The van der Waals surface area contributed by atoms with Gasteiger partial charge in [-0.3, -0.25) is 9.69 Å². The van der Waals surface area contributed by atoms with Gasteiger partial charge in [-0.25, -0.2) is 4.79 Å². The Morgan fingerprint density at radius 3 is 2.52 bits per heavy atom. The number of rotatable bonds is 4. The summed E-state index contributed by atoms with van der Waals surface area (Å²) in [5.41, 5.74) is -0.930. The molecule has 0 bridgehead atoms. The van der Waals surface area contributed by atoms with Crippen molar-refractivity contribution in [3.63, 3.8) is 0 Å². The smallest absolute Gasteiger partial charge is 0.410 e. The molecule has 1 aliphatic heterocycles. The van der Waals surface area contributed by atoms with E-state index in [9.17, 15) is 14.7 Å². The van der Waals surface area contributed by atoms with Gasteiger partial charge in [0.15, 0.2) is 5.78 Å². The van der Waals surface area contributed by atoms with Gasteiger partial charge < -0.3 is 15.2 Å². The fourth-order valence-corrected chi connectivity index (χ4v) is 5.35. The summed E-state index contributed by atoms with van der Waals surface area (Å²) in [7, 11) is 0. The molecular formula is C27H36N2O4.